The van der Waals surface area contributed by atoms with Crippen molar-refractivity contribution in [3.05, 3.63) is 0 Å². The molecule has 0 radical (unpaired) electrons. The maximum atomic E-state index is 11.5. The number of carbonyl (C=O) groups excluding carboxylic acids is 2. The second-order valence-electron chi connectivity index (χ2n) is 4.03. The minimum absolute atomic E-state index is 0.0351. The summed E-state index contributed by atoms with van der Waals surface area (Å²) in [6.07, 6.45) is 0. The van der Waals surface area contributed by atoms with Crippen LogP contribution >= 0.6 is 0 Å². The van der Waals surface area contributed by atoms with Gasteiger partial charge in [0.25, 0.3) is 0 Å². The Labute approximate surface area is 97.4 Å². The molecule has 1 rings (SSSR count). The number of hydrogen-bond donors (Lipinski definition) is 5. The van der Waals surface area contributed by atoms with Gasteiger partial charge in [-0.3, -0.25) is 14.9 Å². The van der Waals surface area contributed by atoms with Crippen LogP contribution in [0.3, 0.4) is 0 Å². The molecule has 2 atom stereocenters. The van der Waals surface area contributed by atoms with Crippen molar-refractivity contribution < 1.29 is 24.6 Å². The van der Waals surface area contributed by atoms with E-state index in [1.165, 1.54) is 0 Å². The third-order valence-electron chi connectivity index (χ3n) is 2.40. The fraction of sp³-hybridized carbons (Fsp3) is 0.667. The Bertz CT molecular complexity index is 332. The number of hydrogen-bond acceptors (Lipinski definition) is 5. The van der Waals surface area contributed by atoms with Crippen LogP contribution in [-0.2, 0) is 14.4 Å². The lowest BCUT2D eigenvalue weighted by atomic mass is 10.1. The molecular weight excluding hydrogens is 230 g/mol. The maximum Gasteiger partial charge on any atom is 0.337 e. The molecule has 1 saturated heterocycles. The zero-order chi connectivity index (χ0) is 13.1. The molecule has 0 saturated carbocycles. The summed E-state index contributed by atoms with van der Waals surface area (Å²) < 4.78 is 0. The molecule has 0 spiro atoms. The summed E-state index contributed by atoms with van der Waals surface area (Å²) in [5.74, 6) is -2.08. The van der Waals surface area contributed by atoms with Gasteiger partial charge >= 0.3 is 5.97 Å². The van der Waals surface area contributed by atoms with Crippen molar-refractivity contribution in [3.8, 4) is 0 Å². The van der Waals surface area contributed by atoms with Crippen LogP contribution in [0.5, 0.6) is 0 Å². The second kappa shape index (κ2) is 5.11. The van der Waals surface area contributed by atoms with E-state index in [0.29, 0.717) is 0 Å². The highest BCUT2D eigenvalue weighted by Crippen LogP contribution is 2.01. The van der Waals surface area contributed by atoms with E-state index < -0.39 is 30.1 Å². The molecule has 1 aliphatic heterocycles. The van der Waals surface area contributed by atoms with Crippen LogP contribution in [0.4, 0.5) is 0 Å². The number of rotatable bonds is 4. The lowest BCUT2D eigenvalue weighted by molar-refractivity contribution is -0.156. The molecule has 8 heteroatoms. The maximum absolute atomic E-state index is 11.5. The van der Waals surface area contributed by atoms with E-state index in [-0.39, 0.29) is 19.0 Å². The van der Waals surface area contributed by atoms with Gasteiger partial charge in [-0.25, -0.2) is 4.79 Å². The summed E-state index contributed by atoms with van der Waals surface area (Å²) in [4.78, 5) is 32.9. The Morgan fingerprint density at radius 2 is 2.24 bits per heavy atom. The molecule has 2 amide bonds. The van der Waals surface area contributed by atoms with Gasteiger partial charge in [0.15, 0.2) is 5.60 Å². The van der Waals surface area contributed by atoms with Crippen molar-refractivity contribution in [1.29, 1.82) is 0 Å². The lowest BCUT2D eigenvalue weighted by Gasteiger charge is -2.25. The van der Waals surface area contributed by atoms with Crippen LogP contribution < -0.4 is 16.0 Å². The Hall–Kier alpha value is -1.67. The van der Waals surface area contributed by atoms with Crippen molar-refractivity contribution in [2.45, 2.75) is 18.6 Å². The first-order valence-electron chi connectivity index (χ1n) is 5.06. The zero-order valence-electron chi connectivity index (χ0n) is 9.32. The van der Waals surface area contributed by atoms with Crippen molar-refractivity contribution in [1.82, 2.24) is 16.0 Å². The number of piperazine rings is 1. The molecule has 17 heavy (non-hydrogen) atoms. The molecule has 1 aliphatic rings. The SMILES string of the molecule is CC(O)(CNC(=O)C1CNC(=O)CN1)C(=O)O. The van der Waals surface area contributed by atoms with E-state index in [2.05, 4.69) is 16.0 Å². The van der Waals surface area contributed by atoms with Gasteiger partial charge in [0.2, 0.25) is 11.8 Å². The number of nitrogens with one attached hydrogen (secondary N) is 3. The molecular formula is C9H15N3O5. The summed E-state index contributed by atoms with van der Waals surface area (Å²) in [6, 6.07) is -0.614. The molecule has 0 aromatic carbocycles. The number of aliphatic hydroxyl groups is 1. The van der Waals surface area contributed by atoms with E-state index in [0.717, 1.165) is 6.92 Å². The van der Waals surface area contributed by atoms with Crippen LogP contribution in [0.2, 0.25) is 0 Å². The Morgan fingerprint density at radius 1 is 1.59 bits per heavy atom. The van der Waals surface area contributed by atoms with Crippen LogP contribution in [0, 0.1) is 0 Å². The normalized spacial score (nSPS) is 23.4. The molecule has 5 N–H and O–H groups in total. The smallest absolute Gasteiger partial charge is 0.337 e. The van der Waals surface area contributed by atoms with E-state index in [1.807, 2.05) is 0 Å². The minimum Gasteiger partial charge on any atom is -0.479 e. The van der Waals surface area contributed by atoms with Gasteiger partial charge in [0.1, 0.15) is 6.04 Å². The molecule has 96 valence electrons. The highest BCUT2D eigenvalue weighted by molar-refractivity contribution is 5.87. The predicted molar refractivity (Wildman–Crippen MR) is 56.1 cm³/mol. The quantitative estimate of drug-likeness (QED) is 0.360. The molecule has 1 fully saturated rings. The molecule has 2 unspecified atom stereocenters. The highest BCUT2D eigenvalue weighted by atomic mass is 16.4. The first kappa shape index (κ1) is 13.4. The average Bonchev–Trinajstić information content (AvgIpc) is 2.27. The van der Waals surface area contributed by atoms with Gasteiger partial charge in [-0.05, 0) is 6.92 Å². The molecule has 8 nitrogen and oxygen atoms in total. The number of aliphatic carboxylic acids is 1. The monoisotopic (exact) mass is 245 g/mol. The number of carboxylic acid groups (broad SMARTS) is 1. The van der Waals surface area contributed by atoms with Crippen LogP contribution in [0.1, 0.15) is 6.92 Å². The summed E-state index contributed by atoms with van der Waals surface area (Å²) in [5.41, 5.74) is -2.01. The van der Waals surface area contributed by atoms with Crippen LogP contribution in [0.15, 0.2) is 0 Å². The predicted octanol–water partition coefficient (Wildman–Crippen LogP) is -2.97. The zero-order valence-corrected chi connectivity index (χ0v) is 9.32. The minimum atomic E-state index is -2.01. The van der Waals surface area contributed by atoms with Crippen LogP contribution in [0.25, 0.3) is 0 Å². The van der Waals surface area contributed by atoms with Gasteiger partial charge in [0.05, 0.1) is 13.1 Å². The molecule has 0 aromatic heterocycles. The summed E-state index contributed by atoms with van der Waals surface area (Å²) >= 11 is 0. The number of carbonyl (C=O) groups is 3. The van der Waals surface area contributed by atoms with Crippen molar-refractivity contribution in [2.75, 3.05) is 19.6 Å². The Morgan fingerprint density at radius 3 is 2.71 bits per heavy atom. The summed E-state index contributed by atoms with van der Waals surface area (Å²) in [7, 11) is 0. The van der Waals surface area contributed by atoms with Gasteiger partial charge < -0.3 is 20.8 Å². The topological polar surface area (TPSA) is 128 Å². The van der Waals surface area contributed by atoms with Crippen molar-refractivity contribution in [2.24, 2.45) is 0 Å². The first-order valence-corrected chi connectivity index (χ1v) is 5.06. The van der Waals surface area contributed by atoms with E-state index in [4.69, 9.17) is 5.11 Å². The number of carboxylic acids is 1. The van der Waals surface area contributed by atoms with Crippen molar-refractivity contribution >= 4 is 17.8 Å². The highest BCUT2D eigenvalue weighted by Gasteiger charge is 2.32. The first-order chi connectivity index (χ1) is 7.83. The Kier molecular flexibility index (Phi) is 4.02. The standard InChI is InChI=1S/C9H15N3O5/c1-9(17,8(15)16)4-12-7(14)5-2-11-6(13)3-10-5/h5,10,17H,2-4H2,1H3,(H,11,13)(H,12,14)(H,15,16). The average molecular weight is 245 g/mol. The van der Waals surface area contributed by atoms with E-state index >= 15 is 0 Å². The van der Waals surface area contributed by atoms with Gasteiger partial charge in [-0.2, -0.15) is 0 Å². The fourth-order valence-electron chi connectivity index (χ4n) is 1.21. The van der Waals surface area contributed by atoms with E-state index in [9.17, 15) is 19.5 Å². The molecule has 1 heterocycles. The van der Waals surface area contributed by atoms with Gasteiger partial charge in [0, 0.05) is 6.54 Å². The molecule has 0 aliphatic carbocycles. The third kappa shape index (κ3) is 3.68. The fourth-order valence-corrected chi connectivity index (χ4v) is 1.21. The summed E-state index contributed by atoms with van der Waals surface area (Å²) in [5, 5.41) is 25.5. The van der Waals surface area contributed by atoms with Crippen molar-refractivity contribution in [3.63, 3.8) is 0 Å². The second-order valence-corrected chi connectivity index (χ2v) is 4.03. The Balaban J connectivity index is 2.40. The van der Waals surface area contributed by atoms with E-state index in [1.54, 1.807) is 0 Å². The van der Waals surface area contributed by atoms with Gasteiger partial charge in [-0.1, -0.05) is 0 Å². The molecule has 0 aromatic rings. The number of amides is 2. The largest absolute Gasteiger partial charge is 0.479 e. The van der Waals surface area contributed by atoms with Gasteiger partial charge in [-0.15, -0.1) is 0 Å². The lowest BCUT2D eigenvalue weighted by Crippen LogP contribution is -2.59. The summed E-state index contributed by atoms with van der Waals surface area (Å²) in [6.45, 7) is 0.867. The third-order valence-corrected chi connectivity index (χ3v) is 2.40. The molecule has 0 bridgehead atoms. The van der Waals surface area contributed by atoms with Crippen LogP contribution in [-0.4, -0.2) is 59.3 Å².